The summed E-state index contributed by atoms with van der Waals surface area (Å²) in [5.74, 6) is -1.24. The highest BCUT2D eigenvalue weighted by molar-refractivity contribution is 5.74. The number of aryl methyl sites for hydroxylation is 1. The number of nitrogens with one attached hydrogen (secondary N) is 1. The zero-order valence-corrected chi connectivity index (χ0v) is 21.3. The molecule has 0 saturated heterocycles. The molecule has 0 saturated carbocycles. The first-order valence-corrected chi connectivity index (χ1v) is 12.3. The Kier molecular flexibility index (Phi) is 13.4. The van der Waals surface area contributed by atoms with Crippen LogP contribution in [-0.2, 0) is 36.7 Å². The molecule has 1 N–H and O–H groups in total. The molecule has 33 heavy (non-hydrogen) atoms. The van der Waals surface area contributed by atoms with Crippen LogP contribution in [0.3, 0.4) is 0 Å². The Bertz CT molecular complexity index is 729. The summed E-state index contributed by atoms with van der Waals surface area (Å²) >= 11 is 0. The van der Waals surface area contributed by atoms with Gasteiger partial charge in [0.15, 0.2) is 0 Å². The highest BCUT2D eigenvalue weighted by Gasteiger charge is 2.36. The number of hydrogen-bond donors (Lipinski definition) is 1. The van der Waals surface area contributed by atoms with Crippen molar-refractivity contribution in [3.8, 4) is 0 Å². The van der Waals surface area contributed by atoms with Gasteiger partial charge in [-0.2, -0.15) is 0 Å². The number of rotatable bonds is 15. The third kappa shape index (κ3) is 11.9. The maximum atomic E-state index is 11.9. The van der Waals surface area contributed by atoms with E-state index in [2.05, 4.69) is 24.4 Å². The van der Waals surface area contributed by atoms with Gasteiger partial charge in [-0.25, -0.2) is 0 Å². The number of carbonyl (C=O) groups excluding carboxylic acids is 3. The van der Waals surface area contributed by atoms with Crippen LogP contribution in [0.25, 0.3) is 0 Å². The Balaban J connectivity index is 2.93. The smallest absolute Gasteiger partial charge is 0.302 e. The lowest BCUT2D eigenvalue weighted by Crippen LogP contribution is -2.55. The number of esters is 2. The first-order valence-electron chi connectivity index (χ1n) is 12.3. The number of carbonyl (C=O) groups is 3. The van der Waals surface area contributed by atoms with Gasteiger partial charge in [0.1, 0.15) is 18.2 Å². The summed E-state index contributed by atoms with van der Waals surface area (Å²) in [5.41, 5.74) is 2.28. The van der Waals surface area contributed by atoms with Crippen molar-refractivity contribution in [2.45, 2.75) is 111 Å². The predicted octanol–water partition coefficient (Wildman–Crippen LogP) is 5.16. The van der Waals surface area contributed by atoms with Crippen LogP contribution in [0.4, 0.5) is 0 Å². The molecule has 0 heterocycles. The second-order valence-corrected chi connectivity index (χ2v) is 9.23. The fourth-order valence-electron chi connectivity index (χ4n) is 4.08. The van der Waals surface area contributed by atoms with Crippen LogP contribution >= 0.6 is 0 Å². The molecule has 0 fully saturated rings. The molecule has 186 valence electrons. The molecule has 1 aromatic carbocycles. The van der Waals surface area contributed by atoms with E-state index >= 15 is 0 Å². The zero-order chi connectivity index (χ0) is 24.8. The Morgan fingerprint density at radius 2 is 1.36 bits per heavy atom. The van der Waals surface area contributed by atoms with Gasteiger partial charge in [0.2, 0.25) is 5.91 Å². The number of hydrogen-bond acceptors (Lipinski definition) is 5. The van der Waals surface area contributed by atoms with Crippen LogP contribution in [0.1, 0.15) is 91.2 Å². The van der Waals surface area contributed by atoms with E-state index in [0.29, 0.717) is 6.42 Å². The molecule has 6 heteroatoms. The average Bonchev–Trinajstić information content (AvgIpc) is 2.73. The van der Waals surface area contributed by atoms with Gasteiger partial charge in [-0.3, -0.25) is 14.4 Å². The minimum Gasteiger partial charge on any atom is -0.460 e. The molecule has 0 spiro atoms. The minimum absolute atomic E-state index is 0.0801. The van der Waals surface area contributed by atoms with Crippen molar-refractivity contribution in [2.24, 2.45) is 5.92 Å². The Labute approximate surface area is 199 Å². The molecule has 1 rings (SSSR count). The molecule has 0 aliphatic heterocycles. The summed E-state index contributed by atoms with van der Waals surface area (Å²) in [6.45, 7) is 10.1. The van der Waals surface area contributed by atoms with Crippen molar-refractivity contribution in [2.75, 3.05) is 0 Å². The van der Waals surface area contributed by atoms with Gasteiger partial charge in [0.25, 0.3) is 0 Å². The molecular formula is C27H43NO5. The number of ether oxygens (including phenoxy) is 2. The normalized spacial score (nSPS) is 13.8. The summed E-state index contributed by atoms with van der Waals surface area (Å²) < 4.78 is 11.2. The second-order valence-electron chi connectivity index (χ2n) is 9.23. The molecule has 0 aliphatic rings. The van der Waals surface area contributed by atoms with Crippen molar-refractivity contribution in [3.05, 3.63) is 35.4 Å². The van der Waals surface area contributed by atoms with Crippen LogP contribution in [0.15, 0.2) is 24.3 Å². The second kappa shape index (κ2) is 15.5. The maximum Gasteiger partial charge on any atom is 0.302 e. The lowest BCUT2D eigenvalue weighted by molar-refractivity contribution is -0.159. The molecule has 0 radical (unpaired) electrons. The Hall–Kier alpha value is -2.37. The molecular weight excluding hydrogens is 418 g/mol. The topological polar surface area (TPSA) is 81.7 Å². The van der Waals surface area contributed by atoms with E-state index < -0.39 is 30.2 Å². The lowest BCUT2D eigenvalue weighted by Gasteiger charge is -2.35. The zero-order valence-electron chi connectivity index (χ0n) is 21.3. The SMILES string of the molecule is CCCCCCCCc1ccc(CC(OC(C)=O)C(NC(C)=O)C(OC(C)=O)C(C)C)cc1. The standard InChI is InChI=1S/C27H43NO5/c1-7-8-9-10-11-12-13-23-14-16-24(17-15-23)18-25(32-21(5)30)26(28-20(4)29)27(19(2)3)33-22(6)31/h14-17,19,25-27H,7-13,18H2,1-6H3,(H,28,29). The van der Waals surface area contributed by atoms with Crippen LogP contribution in [-0.4, -0.2) is 36.1 Å². The maximum absolute atomic E-state index is 11.9. The van der Waals surface area contributed by atoms with Crippen molar-refractivity contribution >= 4 is 17.8 Å². The summed E-state index contributed by atoms with van der Waals surface area (Å²) in [7, 11) is 0. The molecule has 1 amide bonds. The third-order valence-corrected chi connectivity index (χ3v) is 5.68. The van der Waals surface area contributed by atoms with E-state index in [4.69, 9.17) is 9.47 Å². The van der Waals surface area contributed by atoms with Gasteiger partial charge in [-0.05, 0) is 29.9 Å². The largest absolute Gasteiger partial charge is 0.460 e. The molecule has 1 aromatic rings. The third-order valence-electron chi connectivity index (χ3n) is 5.68. The summed E-state index contributed by atoms with van der Waals surface area (Å²) in [6.07, 6.45) is 7.79. The first kappa shape index (κ1) is 28.7. The fraction of sp³-hybridized carbons (Fsp3) is 0.667. The molecule has 0 aliphatic carbocycles. The first-order chi connectivity index (χ1) is 15.6. The number of unbranched alkanes of at least 4 members (excludes halogenated alkanes) is 5. The van der Waals surface area contributed by atoms with Crippen LogP contribution in [0.5, 0.6) is 0 Å². The van der Waals surface area contributed by atoms with E-state index in [1.54, 1.807) is 0 Å². The van der Waals surface area contributed by atoms with Crippen molar-refractivity contribution < 1.29 is 23.9 Å². The van der Waals surface area contributed by atoms with Gasteiger partial charge in [0.05, 0.1) is 0 Å². The van der Waals surface area contributed by atoms with E-state index in [1.807, 2.05) is 26.0 Å². The summed E-state index contributed by atoms with van der Waals surface area (Å²) in [4.78, 5) is 35.5. The van der Waals surface area contributed by atoms with E-state index in [-0.39, 0.29) is 11.8 Å². The van der Waals surface area contributed by atoms with Gasteiger partial charge in [-0.1, -0.05) is 77.1 Å². The fourth-order valence-corrected chi connectivity index (χ4v) is 4.08. The molecule has 3 unspecified atom stereocenters. The predicted molar refractivity (Wildman–Crippen MR) is 131 cm³/mol. The van der Waals surface area contributed by atoms with Crippen molar-refractivity contribution in [1.82, 2.24) is 5.32 Å². The van der Waals surface area contributed by atoms with Crippen molar-refractivity contribution in [1.29, 1.82) is 0 Å². The van der Waals surface area contributed by atoms with Gasteiger partial charge in [-0.15, -0.1) is 0 Å². The molecule has 6 nitrogen and oxygen atoms in total. The Morgan fingerprint density at radius 1 is 0.818 bits per heavy atom. The average molecular weight is 462 g/mol. The Morgan fingerprint density at radius 3 is 1.88 bits per heavy atom. The van der Waals surface area contributed by atoms with Gasteiger partial charge < -0.3 is 14.8 Å². The highest BCUT2D eigenvalue weighted by atomic mass is 16.6. The van der Waals surface area contributed by atoms with E-state index in [1.165, 1.54) is 64.9 Å². The van der Waals surface area contributed by atoms with E-state index in [0.717, 1.165) is 12.0 Å². The molecule has 0 bridgehead atoms. The van der Waals surface area contributed by atoms with E-state index in [9.17, 15) is 14.4 Å². The lowest BCUT2D eigenvalue weighted by atomic mass is 9.91. The van der Waals surface area contributed by atoms with Crippen molar-refractivity contribution in [3.63, 3.8) is 0 Å². The molecule has 3 atom stereocenters. The number of amides is 1. The monoisotopic (exact) mass is 461 g/mol. The van der Waals surface area contributed by atoms with Crippen LogP contribution in [0, 0.1) is 5.92 Å². The quantitative estimate of drug-likeness (QED) is 0.288. The summed E-state index contributed by atoms with van der Waals surface area (Å²) in [5, 5.41) is 2.86. The summed E-state index contributed by atoms with van der Waals surface area (Å²) in [6, 6.07) is 7.67. The highest BCUT2D eigenvalue weighted by Crippen LogP contribution is 2.21. The van der Waals surface area contributed by atoms with Crippen LogP contribution in [0.2, 0.25) is 0 Å². The number of benzene rings is 1. The van der Waals surface area contributed by atoms with Gasteiger partial charge >= 0.3 is 11.9 Å². The minimum atomic E-state index is -0.664. The molecule has 0 aromatic heterocycles. The van der Waals surface area contributed by atoms with Gasteiger partial charge in [0, 0.05) is 27.2 Å². The van der Waals surface area contributed by atoms with Crippen LogP contribution < -0.4 is 5.32 Å².